The maximum atomic E-state index is 12.9. The summed E-state index contributed by atoms with van der Waals surface area (Å²) in [4.78, 5) is 71.6. The Labute approximate surface area is 182 Å². The molecule has 0 spiro atoms. The van der Waals surface area contributed by atoms with Gasteiger partial charge in [0.15, 0.2) is 0 Å². The minimum atomic E-state index is -1.53. The van der Waals surface area contributed by atoms with Gasteiger partial charge in [0.05, 0.1) is 12.5 Å². The van der Waals surface area contributed by atoms with Crippen LogP contribution < -0.4 is 16.4 Å². The molecule has 0 radical (unpaired) electrons. The summed E-state index contributed by atoms with van der Waals surface area (Å²) in [6, 6.07) is -5.11. The third-order valence-electron chi connectivity index (χ3n) is 4.63. The second kappa shape index (κ2) is 12.1. The number of carboxylic acids is 3. The van der Waals surface area contributed by atoms with Gasteiger partial charge in [-0.3, -0.25) is 24.0 Å². The third kappa shape index (κ3) is 8.05. The van der Waals surface area contributed by atoms with E-state index in [2.05, 4.69) is 23.3 Å². The normalized spacial score (nSPS) is 18.5. The first-order valence-corrected chi connectivity index (χ1v) is 10.0. The molecule has 1 saturated heterocycles. The number of nitrogens with zero attached hydrogens (tertiary/aromatic N) is 1. The topological polar surface area (TPSA) is 216 Å². The zero-order valence-electron chi connectivity index (χ0n) is 16.5. The van der Waals surface area contributed by atoms with Gasteiger partial charge in [0.25, 0.3) is 0 Å². The molecule has 3 amide bonds. The Morgan fingerprint density at radius 1 is 1.03 bits per heavy atom. The lowest BCUT2D eigenvalue weighted by Gasteiger charge is -2.29. The predicted molar refractivity (Wildman–Crippen MR) is 107 cm³/mol. The van der Waals surface area contributed by atoms with Crippen LogP contribution in [0, 0.1) is 0 Å². The fourth-order valence-corrected chi connectivity index (χ4v) is 3.27. The number of carbonyl (C=O) groups is 6. The average Bonchev–Trinajstić information content (AvgIpc) is 3.18. The van der Waals surface area contributed by atoms with Crippen LogP contribution in [0.2, 0.25) is 0 Å². The summed E-state index contributed by atoms with van der Waals surface area (Å²) in [5.41, 5.74) is 5.60. The fourth-order valence-electron chi connectivity index (χ4n) is 3.02. The molecule has 0 saturated carbocycles. The van der Waals surface area contributed by atoms with Crippen LogP contribution >= 0.6 is 12.6 Å². The highest BCUT2D eigenvalue weighted by molar-refractivity contribution is 7.80. The molecule has 31 heavy (non-hydrogen) atoms. The molecule has 13 nitrogen and oxygen atoms in total. The Kier molecular flexibility index (Phi) is 10.2. The molecule has 14 heteroatoms. The number of likely N-dealkylation sites (tertiary alicyclic amines) is 1. The number of nitrogens with two attached hydrogens (primary N) is 1. The van der Waals surface area contributed by atoms with Crippen molar-refractivity contribution in [2.45, 2.75) is 56.3 Å². The van der Waals surface area contributed by atoms with Gasteiger partial charge in [-0.1, -0.05) is 0 Å². The molecule has 1 rings (SSSR count). The summed E-state index contributed by atoms with van der Waals surface area (Å²) in [6.45, 7) is 0.104. The van der Waals surface area contributed by atoms with Crippen molar-refractivity contribution in [1.29, 1.82) is 0 Å². The monoisotopic (exact) mass is 462 g/mol. The number of thiol groups is 1. The maximum Gasteiger partial charge on any atom is 0.327 e. The van der Waals surface area contributed by atoms with E-state index >= 15 is 0 Å². The molecule has 1 heterocycles. The highest BCUT2D eigenvalue weighted by Crippen LogP contribution is 2.20. The first-order chi connectivity index (χ1) is 14.5. The van der Waals surface area contributed by atoms with Crippen LogP contribution in [0.15, 0.2) is 0 Å². The van der Waals surface area contributed by atoms with E-state index in [1.54, 1.807) is 0 Å². The molecule has 1 aliphatic heterocycles. The first-order valence-electron chi connectivity index (χ1n) is 9.42. The van der Waals surface area contributed by atoms with Crippen molar-refractivity contribution in [2.75, 3.05) is 12.3 Å². The molecule has 7 N–H and O–H groups in total. The van der Waals surface area contributed by atoms with Crippen LogP contribution in [0.5, 0.6) is 0 Å². The zero-order chi connectivity index (χ0) is 23.7. The third-order valence-corrected chi connectivity index (χ3v) is 5.00. The number of rotatable bonds is 12. The number of nitrogens with one attached hydrogen (secondary N) is 2. The van der Waals surface area contributed by atoms with Crippen molar-refractivity contribution in [3.05, 3.63) is 0 Å². The summed E-state index contributed by atoms with van der Waals surface area (Å²) in [7, 11) is 0. The van der Waals surface area contributed by atoms with Gasteiger partial charge < -0.3 is 36.6 Å². The molecule has 0 bridgehead atoms. The van der Waals surface area contributed by atoms with E-state index in [4.69, 9.17) is 21.1 Å². The summed E-state index contributed by atoms with van der Waals surface area (Å²) < 4.78 is 0. The summed E-state index contributed by atoms with van der Waals surface area (Å²) >= 11 is 3.85. The lowest BCUT2D eigenvalue weighted by atomic mass is 10.1. The Hall–Kier alpha value is -2.87. The summed E-state index contributed by atoms with van der Waals surface area (Å²) in [5.74, 6) is -6.50. The van der Waals surface area contributed by atoms with Gasteiger partial charge in [0.1, 0.15) is 18.1 Å². The van der Waals surface area contributed by atoms with E-state index in [0.717, 1.165) is 4.90 Å². The number of aliphatic carboxylic acids is 3. The molecular weight excluding hydrogens is 436 g/mol. The minimum Gasteiger partial charge on any atom is -0.481 e. The van der Waals surface area contributed by atoms with Crippen molar-refractivity contribution in [1.82, 2.24) is 15.5 Å². The molecule has 0 aromatic carbocycles. The predicted octanol–water partition coefficient (Wildman–Crippen LogP) is -2.37. The molecule has 1 aliphatic rings. The van der Waals surface area contributed by atoms with Gasteiger partial charge >= 0.3 is 17.9 Å². The number of hydrogen-bond donors (Lipinski definition) is 7. The van der Waals surface area contributed by atoms with Crippen LogP contribution in [-0.4, -0.2) is 92.3 Å². The molecule has 4 atom stereocenters. The fraction of sp³-hybridized carbons (Fsp3) is 0.647. The van der Waals surface area contributed by atoms with Crippen molar-refractivity contribution < 1.29 is 44.1 Å². The van der Waals surface area contributed by atoms with E-state index in [1.807, 2.05) is 0 Å². The van der Waals surface area contributed by atoms with E-state index in [-0.39, 0.29) is 25.1 Å². The molecule has 0 aliphatic carbocycles. The van der Waals surface area contributed by atoms with Crippen LogP contribution in [0.1, 0.15) is 32.1 Å². The quantitative estimate of drug-likeness (QED) is 0.153. The first kappa shape index (κ1) is 26.2. The van der Waals surface area contributed by atoms with Crippen LogP contribution in [0.4, 0.5) is 0 Å². The minimum absolute atomic E-state index is 0.104. The molecule has 1 fully saturated rings. The summed E-state index contributed by atoms with van der Waals surface area (Å²) in [5, 5.41) is 31.3. The highest BCUT2D eigenvalue weighted by Gasteiger charge is 2.39. The highest BCUT2D eigenvalue weighted by atomic mass is 32.1. The molecule has 0 aromatic heterocycles. The van der Waals surface area contributed by atoms with E-state index in [0.29, 0.717) is 6.42 Å². The van der Waals surface area contributed by atoms with Gasteiger partial charge in [0.2, 0.25) is 17.7 Å². The second-order valence-electron chi connectivity index (χ2n) is 6.97. The van der Waals surface area contributed by atoms with Crippen molar-refractivity contribution in [3.63, 3.8) is 0 Å². The number of carboxylic acid groups (broad SMARTS) is 3. The average molecular weight is 462 g/mol. The Balaban J connectivity index is 2.91. The lowest BCUT2D eigenvalue weighted by Crippen LogP contribution is -2.57. The Bertz CT molecular complexity index is 732. The van der Waals surface area contributed by atoms with Crippen LogP contribution in [0.25, 0.3) is 0 Å². The number of carbonyl (C=O) groups excluding carboxylic acids is 3. The summed E-state index contributed by atoms with van der Waals surface area (Å²) in [6.07, 6.45) is -0.757. The van der Waals surface area contributed by atoms with Crippen LogP contribution in [-0.2, 0) is 28.8 Å². The number of hydrogen-bond acceptors (Lipinski definition) is 8. The Morgan fingerprint density at radius 2 is 1.68 bits per heavy atom. The van der Waals surface area contributed by atoms with E-state index in [9.17, 15) is 28.8 Å². The van der Waals surface area contributed by atoms with Gasteiger partial charge in [0, 0.05) is 18.7 Å². The molecule has 0 aromatic rings. The van der Waals surface area contributed by atoms with Gasteiger partial charge in [-0.25, -0.2) is 4.79 Å². The van der Waals surface area contributed by atoms with Crippen LogP contribution in [0.3, 0.4) is 0 Å². The van der Waals surface area contributed by atoms with Crippen molar-refractivity contribution in [3.8, 4) is 0 Å². The smallest absolute Gasteiger partial charge is 0.327 e. The van der Waals surface area contributed by atoms with Gasteiger partial charge in [-0.15, -0.1) is 0 Å². The molecule has 174 valence electrons. The largest absolute Gasteiger partial charge is 0.481 e. The maximum absolute atomic E-state index is 12.9. The van der Waals surface area contributed by atoms with E-state index in [1.165, 1.54) is 0 Å². The molecule has 4 unspecified atom stereocenters. The van der Waals surface area contributed by atoms with Crippen molar-refractivity contribution >= 4 is 48.3 Å². The van der Waals surface area contributed by atoms with Gasteiger partial charge in [-0.05, 0) is 19.3 Å². The number of amides is 3. The van der Waals surface area contributed by atoms with Gasteiger partial charge in [-0.2, -0.15) is 12.6 Å². The second-order valence-corrected chi connectivity index (χ2v) is 7.33. The molecular formula is C17H26N4O9S. The standard InChI is InChI=1S/C17H26N4O9S/c18-8(3-4-12(22)23)14(26)19-9(6-13(24)25)16(28)21-5-1-2-11(21)15(27)20-10(7-31)17(29)30/h8-11,31H,1-7,18H2,(H,19,26)(H,20,27)(H,22,23)(H,24,25)(H,29,30). The zero-order valence-corrected chi connectivity index (χ0v) is 17.4. The Morgan fingerprint density at radius 3 is 2.19 bits per heavy atom. The van der Waals surface area contributed by atoms with E-state index < -0.39 is 72.6 Å². The lowest BCUT2D eigenvalue weighted by molar-refractivity contribution is -0.147. The SMILES string of the molecule is NC(CCC(=O)O)C(=O)NC(CC(=O)O)C(=O)N1CCCC1C(=O)NC(CS)C(=O)O. The van der Waals surface area contributed by atoms with Crippen molar-refractivity contribution in [2.24, 2.45) is 5.73 Å².